The van der Waals surface area contributed by atoms with Crippen LogP contribution in [0, 0.1) is 8.99 Å². The zero-order valence-electron chi connectivity index (χ0n) is 18.1. The molecule has 0 atom stereocenters. The molecular weight excluding hydrogens is 451 g/mol. The van der Waals surface area contributed by atoms with Gasteiger partial charge in [-0.2, -0.15) is 0 Å². The van der Waals surface area contributed by atoms with Gasteiger partial charge in [0.2, 0.25) is 0 Å². The Hall–Kier alpha value is -1.61. The molecule has 0 saturated carbocycles. The highest BCUT2D eigenvalue weighted by atomic mass is 127. The Balaban J connectivity index is 2.25. The van der Waals surface area contributed by atoms with Crippen molar-refractivity contribution in [3.8, 4) is 11.1 Å². The van der Waals surface area contributed by atoms with E-state index < -0.39 is 0 Å². The fraction of sp³-hybridized carbons (Fsp3) is 0.333. The summed E-state index contributed by atoms with van der Waals surface area (Å²) in [5, 5.41) is 0. The van der Waals surface area contributed by atoms with Crippen molar-refractivity contribution in [3.05, 3.63) is 93.6 Å². The van der Waals surface area contributed by atoms with E-state index in [1.165, 1.54) is 31.4 Å². The monoisotopic (exact) mass is 484 g/mol. The largest absolute Gasteiger partial charge is 0.0991 e. The molecule has 2 aromatic rings. The van der Waals surface area contributed by atoms with Crippen LogP contribution in [0.5, 0.6) is 0 Å². The third-order valence-corrected chi connectivity index (χ3v) is 5.48. The molecule has 0 aliphatic carbocycles. The summed E-state index contributed by atoms with van der Waals surface area (Å²) in [5.74, 6) is 0. The summed E-state index contributed by atoms with van der Waals surface area (Å²) in [6.45, 7) is 17.3. The minimum atomic E-state index is 0.121. The van der Waals surface area contributed by atoms with E-state index in [9.17, 15) is 0 Å². The van der Waals surface area contributed by atoms with Gasteiger partial charge >= 0.3 is 0 Å². The van der Waals surface area contributed by atoms with E-state index in [-0.39, 0.29) is 10.8 Å². The van der Waals surface area contributed by atoms with Crippen LogP contribution < -0.4 is 0 Å². The number of rotatable bonds is 5. The SMILES string of the molecule is C=C/C=C(\C=C/Cc1cc(I)cc(-c2ccc(C(C)(C)C)cc2)c1)C(C)(C)C. The van der Waals surface area contributed by atoms with Crippen molar-refractivity contribution in [2.24, 2.45) is 5.41 Å². The van der Waals surface area contributed by atoms with Gasteiger partial charge in [0.15, 0.2) is 0 Å². The van der Waals surface area contributed by atoms with Gasteiger partial charge in [-0.25, -0.2) is 0 Å². The molecule has 0 saturated heterocycles. The standard InChI is InChI=1S/C27H33I/c1-8-10-23(26(2,3)4)12-9-11-20-17-22(19-25(28)18-20)21-13-15-24(16-14-21)27(5,6)7/h8-10,12-19H,1,11H2,2-7H3/b12-9-,23-10+. The lowest BCUT2D eigenvalue weighted by Gasteiger charge is -2.20. The van der Waals surface area contributed by atoms with E-state index in [1.54, 1.807) is 0 Å². The van der Waals surface area contributed by atoms with Gasteiger partial charge < -0.3 is 0 Å². The van der Waals surface area contributed by atoms with Crippen LogP contribution in [0.15, 0.2) is 78.9 Å². The van der Waals surface area contributed by atoms with Crippen LogP contribution in [0.25, 0.3) is 11.1 Å². The summed E-state index contributed by atoms with van der Waals surface area (Å²) in [5.41, 5.74) is 6.87. The predicted octanol–water partition coefficient (Wildman–Crippen LogP) is 8.51. The van der Waals surface area contributed by atoms with Crippen molar-refractivity contribution in [1.29, 1.82) is 0 Å². The highest BCUT2D eigenvalue weighted by Crippen LogP contribution is 2.29. The first-order chi connectivity index (χ1) is 13.0. The Morgan fingerprint density at radius 3 is 2.11 bits per heavy atom. The van der Waals surface area contributed by atoms with Crippen molar-refractivity contribution >= 4 is 22.6 Å². The molecule has 0 aliphatic rings. The lowest BCUT2D eigenvalue weighted by atomic mass is 9.85. The number of hydrogen-bond donors (Lipinski definition) is 0. The summed E-state index contributed by atoms with van der Waals surface area (Å²) >= 11 is 2.42. The fourth-order valence-corrected chi connectivity index (χ4v) is 3.84. The molecule has 0 bridgehead atoms. The van der Waals surface area contributed by atoms with Crippen molar-refractivity contribution in [1.82, 2.24) is 0 Å². The molecule has 0 spiro atoms. The van der Waals surface area contributed by atoms with Crippen LogP contribution >= 0.6 is 22.6 Å². The van der Waals surface area contributed by atoms with Crippen molar-refractivity contribution in [2.75, 3.05) is 0 Å². The van der Waals surface area contributed by atoms with Gasteiger partial charge in [0.25, 0.3) is 0 Å². The van der Waals surface area contributed by atoms with E-state index in [0.29, 0.717) is 0 Å². The molecule has 0 aromatic heterocycles. The summed E-state index contributed by atoms with van der Waals surface area (Å²) in [4.78, 5) is 0. The third-order valence-electron chi connectivity index (χ3n) is 4.86. The number of hydrogen-bond acceptors (Lipinski definition) is 0. The van der Waals surface area contributed by atoms with Crippen LogP contribution in [0.2, 0.25) is 0 Å². The van der Waals surface area contributed by atoms with Gasteiger partial charge in [0.1, 0.15) is 0 Å². The van der Waals surface area contributed by atoms with E-state index in [2.05, 4.69) is 131 Å². The molecule has 148 valence electrons. The molecule has 0 N–H and O–H groups in total. The van der Waals surface area contributed by atoms with Gasteiger partial charge in [0.05, 0.1) is 0 Å². The summed E-state index contributed by atoms with van der Waals surface area (Å²) in [6, 6.07) is 15.8. The lowest BCUT2D eigenvalue weighted by molar-refractivity contribution is 0.517. The Morgan fingerprint density at radius 2 is 1.57 bits per heavy atom. The molecular formula is C27H33I. The first kappa shape index (κ1) is 22.7. The van der Waals surface area contributed by atoms with E-state index in [0.717, 1.165) is 6.42 Å². The second-order valence-corrected chi connectivity index (χ2v) is 10.6. The number of halogens is 1. The molecule has 0 fully saturated rings. The maximum absolute atomic E-state index is 3.85. The molecule has 28 heavy (non-hydrogen) atoms. The van der Waals surface area contributed by atoms with Crippen molar-refractivity contribution in [3.63, 3.8) is 0 Å². The predicted molar refractivity (Wildman–Crippen MR) is 134 cm³/mol. The third kappa shape index (κ3) is 6.48. The zero-order valence-corrected chi connectivity index (χ0v) is 20.3. The lowest BCUT2D eigenvalue weighted by Crippen LogP contribution is -2.10. The average Bonchev–Trinajstić information content (AvgIpc) is 2.59. The molecule has 0 heterocycles. The second kappa shape index (κ2) is 9.26. The molecule has 0 unspecified atom stereocenters. The first-order valence-electron chi connectivity index (χ1n) is 9.91. The van der Waals surface area contributed by atoms with E-state index >= 15 is 0 Å². The average molecular weight is 484 g/mol. The van der Waals surface area contributed by atoms with Gasteiger partial charge in [-0.1, -0.05) is 103 Å². The van der Waals surface area contributed by atoms with Crippen molar-refractivity contribution < 1.29 is 0 Å². The smallest absolute Gasteiger partial charge is 0.0139 e. The number of benzene rings is 2. The molecule has 0 radical (unpaired) electrons. The molecule has 0 amide bonds. The highest BCUT2D eigenvalue weighted by Gasteiger charge is 2.14. The topological polar surface area (TPSA) is 0 Å². The van der Waals surface area contributed by atoms with Gasteiger partial charge in [-0.3, -0.25) is 0 Å². The summed E-state index contributed by atoms with van der Waals surface area (Å²) < 4.78 is 1.27. The minimum absolute atomic E-state index is 0.121. The van der Waals surface area contributed by atoms with E-state index in [1.807, 2.05) is 6.08 Å². The van der Waals surface area contributed by atoms with Gasteiger partial charge in [-0.05, 0) is 79.8 Å². The van der Waals surface area contributed by atoms with Crippen LogP contribution in [0.3, 0.4) is 0 Å². The Kier molecular flexibility index (Phi) is 7.50. The normalized spacial score (nSPS) is 13.2. The molecule has 2 aromatic carbocycles. The van der Waals surface area contributed by atoms with Crippen LogP contribution in [0.4, 0.5) is 0 Å². The molecule has 0 nitrogen and oxygen atoms in total. The summed E-state index contributed by atoms with van der Waals surface area (Å²) in [7, 11) is 0. The van der Waals surface area contributed by atoms with Crippen LogP contribution in [-0.4, -0.2) is 0 Å². The Morgan fingerprint density at radius 1 is 0.929 bits per heavy atom. The quantitative estimate of drug-likeness (QED) is 0.295. The van der Waals surface area contributed by atoms with Crippen LogP contribution in [-0.2, 0) is 11.8 Å². The number of allylic oxidation sites excluding steroid dienone is 5. The first-order valence-corrected chi connectivity index (χ1v) is 11.0. The Bertz CT molecular complexity index is 866. The summed E-state index contributed by atoms with van der Waals surface area (Å²) in [6.07, 6.45) is 9.40. The van der Waals surface area contributed by atoms with Gasteiger partial charge in [-0.15, -0.1) is 0 Å². The van der Waals surface area contributed by atoms with E-state index in [4.69, 9.17) is 0 Å². The maximum Gasteiger partial charge on any atom is 0.0139 e. The van der Waals surface area contributed by atoms with Gasteiger partial charge in [0, 0.05) is 3.57 Å². The minimum Gasteiger partial charge on any atom is -0.0991 e. The highest BCUT2D eigenvalue weighted by molar-refractivity contribution is 14.1. The Labute approximate surface area is 185 Å². The molecule has 1 heteroatoms. The van der Waals surface area contributed by atoms with Crippen LogP contribution in [0.1, 0.15) is 52.7 Å². The second-order valence-electron chi connectivity index (χ2n) is 9.39. The van der Waals surface area contributed by atoms with Crippen molar-refractivity contribution in [2.45, 2.75) is 53.4 Å². The maximum atomic E-state index is 3.85. The molecule has 0 aliphatic heterocycles. The molecule has 2 rings (SSSR count). The fourth-order valence-electron chi connectivity index (χ4n) is 3.10. The zero-order chi connectivity index (χ0) is 20.9.